The topological polar surface area (TPSA) is 42.2 Å². The highest BCUT2D eigenvalue weighted by molar-refractivity contribution is 6.30. The van der Waals surface area contributed by atoms with Crippen molar-refractivity contribution in [2.24, 2.45) is 0 Å². The van der Waals surface area contributed by atoms with Gasteiger partial charge in [-0.05, 0) is 48.2 Å². The maximum atomic E-state index is 11.8. The molecule has 1 aromatic heterocycles. The molecule has 0 unspecified atom stereocenters. The first-order valence-corrected chi connectivity index (χ1v) is 7.90. The quantitative estimate of drug-likeness (QED) is 0.724. The highest BCUT2D eigenvalue weighted by Crippen LogP contribution is 2.23. The summed E-state index contributed by atoms with van der Waals surface area (Å²) in [6.45, 7) is 5.27. The Morgan fingerprint density at radius 2 is 1.91 bits per heavy atom. The molecule has 118 valence electrons. The van der Waals surface area contributed by atoms with Crippen molar-refractivity contribution >= 4 is 22.6 Å². The van der Waals surface area contributed by atoms with E-state index in [1.54, 1.807) is 6.07 Å². The molecule has 0 saturated carbocycles. The van der Waals surface area contributed by atoms with Crippen molar-refractivity contribution in [2.75, 3.05) is 0 Å². The molecule has 1 heterocycles. The molecule has 0 amide bonds. The highest BCUT2D eigenvalue weighted by atomic mass is 35.5. The summed E-state index contributed by atoms with van der Waals surface area (Å²) in [5.74, 6) is 0. The Kier molecular flexibility index (Phi) is 4.51. The standard InChI is InChI=1S/C19H18ClNO2/c1-12-6-7-17-15(9-18(22)23-19(17)13(12)2)11-21-10-14-4-3-5-16(20)8-14/h3-9,21H,10-11H2,1-2H3. The Bertz CT molecular complexity index is 915. The van der Waals surface area contributed by atoms with Gasteiger partial charge in [0.2, 0.25) is 0 Å². The Morgan fingerprint density at radius 1 is 1.09 bits per heavy atom. The minimum absolute atomic E-state index is 0.314. The third-order valence-corrected chi connectivity index (χ3v) is 4.29. The van der Waals surface area contributed by atoms with Crippen LogP contribution >= 0.6 is 11.6 Å². The van der Waals surface area contributed by atoms with E-state index in [4.69, 9.17) is 16.0 Å². The van der Waals surface area contributed by atoms with Crippen LogP contribution in [-0.4, -0.2) is 0 Å². The molecule has 0 saturated heterocycles. The summed E-state index contributed by atoms with van der Waals surface area (Å²) in [6, 6.07) is 13.4. The zero-order valence-corrected chi connectivity index (χ0v) is 13.9. The molecule has 0 aliphatic carbocycles. The van der Waals surface area contributed by atoms with Crippen LogP contribution in [0.3, 0.4) is 0 Å². The van der Waals surface area contributed by atoms with Crippen LogP contribution < -0.4 is 10.9 Å². The Balaban J connectivity index is 1.85. The number of rotatable bonds is 4. The van der Waals surface area contributed by atoms with Crippen molar-refractivity contribution in [3.05, 3.63) is 80.2 Å². The SMILES string of the molecule is Cc1ccc2c(CNCc3cccc(Cl)c3)cc(=O)oc2c1C. The van der Waals surface area contributed by atoms with Crippen molar-refractivity contribution in [1.29, 1.82) is 0 Å². The molecule has 0 aliphatic rings. The molecule has 0 aliphatic heterocycles. The second-order valence-corrected chi connectivity index (χ2v) is 6.14. The average molecular weight is 328 g/mol. The lowest BCUT2D eigenvalue weighted by Crippen LogP contribution is -2.14. The van der Waals surface area contributed by atoms with Crippen molar-refractivity contribution in [1.82, 2.24) is 5.32 Å². The van der Waals surface area contributed by atoms with E-state index in [9.17, 15) is 4.79 Å². The maximum absolute atomic E-state index is 11.8. The van der Waals surface area contributed by atoms with Gasteiger partial charge in [0.05, 0.1) is 0 Å². The Hall–Kier alpha value is -2.10. The van der Waals surface area contributed by atoms with Crippen LogP contribution in [0.25, 0.3) is 11.0 Å². The summed E-state index contributed by atoms with van der Waals surface area (Å²) < 4.78 is 5.39. The molecular weight excluding hydrogens is 310 g/mol. The normalized spacial score (nSPS) is 11.1. The molecule has 0 atom stereocenters. The van der Waals surface area contributed by atoms with Crippen molar-refractivity contribution in [3.63, 3.8) is 0 Å². The van der Waals surface area contributed by atoms with E-state index in [0.29, 0.717) is 18.7 Å². The molecule has 0 radical (unpaired) electrons. The van der Waals surface area contributed by atoms with E-state index in [1.165, 1.54) is 0 Å². The van der Waals surface area contributed by atoms with Crippen molar-refractivity contribution in [3.8, 4) is 0 Å². The fraction of sp³-hybridized carbons (Fsp3) is 0.211. The largest absolute Gasteiger partial charge is 0.422 e. The van der Waals surface area contributed by atoms with Gasteiger partial charge in [0.15, 0.2) is 0 Å². The Labute approximate surface area is 139 Å². The molecular formula is C19H18ClNO2. The van der Waals surface area contributed by atoms with Crippen molar-refractivity contribution < 1.29 is 4.42 Å². The van der Waals surface area contributed by atoms with Gasteiger partial charge in [0.1, 0.15) is 5.58 Å². The number of hydrogen-bond acceptors (Lipinski definition) is 3. The third kappa shape index (κ3) is 3.46. The lowest BCUT2D eigenvalue weighted by molar-refractivity contribution is 0.554. The summed E-state index contributed by atoms with van der Waals surface area (Å²) in [4.78, 5) is 11.8. The monoisotopic (exact) mass is 327 g/mol. The van der Waals surface area contributed by atoms with Gasteiger partial charge in [-0.2, -0.15) is 0 Å². The number of hydrogen-bond donors (Lipinski definition) is 1. The van der Waals surface area contributed by atoms with E-state index in [1.807, 2.05) is 44.2 Å². The number of fused-ring (bicyclic) bond motifs is 1. The number of nitrogens with one attached hydrogen (secondary N) is 1. The van der Waals surface area contributed by atoms with E-state index in [-0.39, 0.29) is 5.63 Å². The number of halogens is 1. The zero-order chi connectivity index (χ0) is 16.4. The Morgan fingerprint density at radius 3 is 2.70 bits per heavy atom. The molecule has 0 bridgehead atoms. The van der Waals surface area contributed by atoms with Gasteiger partial charge < -0.3 is 9.73 Å². The van der Waals surface area contributed by atoms with E-state index < -0.39 is 0 Å². The van der Waals surface area contributed by atoms with Crippen LogP contribution in [0.5, 0.6) is 0 Å². The smallest absolute Gasteiger partial charge is 0.336 e. The molecule has 2 aromatic carbocycles. The minimum atomic E-state index is -0.314. The molecule has 1 N–H and O–H groups in total. The predicted octanol–water partition coefficient (Wildman–Crippen LogP) is 4.35. The first-order valence-electron chi connectivity index (χ1n) is 7.52. The molecule has 3 rings (SSSR count). The summed E-state index contributed by atoms with van der Waals surface area (Å²) in [6.07, 6.45) is 0. The van der Waals surface area contributed by atoms with E-state index in [0.717, 1.165) is 32.7 Å². The summed E-state index contributed by atoms with van der Waals surface area (Å²) in [5.41, 5.74) is 4.54. The van der Waals surface area contributed by atoms with Gasteiger partial charge in [-0.15, -0.1) is 0 Å². The summed E-state index contributed by atoms with van der Waals surface area (Å²) in [7, 11) is 0. The number of benzene rings is 2. The van der Waals surface area contributed by atoms with Crippen LogP contribution in [0.1, 0.15) is 22.3 Å². The maximum Gasteiger partial charge on any atom is 0.336 e. The van der Waals surface area contributed by atoms with Crippen molar-refractivity contribution in [2.45, 2.75) is 26.9 Å². The average Bonchev–Trinajstić information content (AvgIpc) is 2.51. The fourth-order valence-corrected chi connectivity index (χ4v) is 2.87. The minimum Gasteiger partial charge on any atom is -0.422 e. The molecule has 3 nitrogen and oxygen atoms in total. The van der Waals surface area contributed by atoms with E-state index >= 15 is 0 Å². The van der Waals surface area contributed by atoms with E-state index in [2.05, 4.69) is 11.4 Å². The molecule has 4 heteroatoms. The first-order chi connectivity index (χ1) is 11.0. The second-order valence-electron chi connectivity index (χ2n) is 5.71. The lowest BCUT2D eigenvalue weighted by atomic mass is 10.0. The number of aryl methyl sites for hydroxylation is 2. The van der Waals surface area contributed by atoms with Crippen LogP contribution in [0.4, 0.5) is 0 Å². The van der Waals surface area contributed by atoms with Gasteiger partial charge in [0, 0.05) is 29.6 Å². The molecule has 0 spiro atoms. The van der Waals surface area contributed by atoms with Gasteiger partial charge in [0.25, 0.3) is 0 Å². The van der Waals surface area contributed by atoms with Crippen LogP contribution in [0.15, 0.2) is 51.7 Å². The summed E-state index contributed by atoms with van der Waals surface area (Å²) >= 11 is 5.99. The fourth-order valence-electron chi connectivity index (χ4n) is 2.66. The van der Waals surface area contributed by atoms with Crippen LogP contribution in [-0.2, 0) is 13.1 Å². The van der Waals surface area contributed by atoms with Crippen LogP contribution in [0, 0.1) is 13.8 Å². The summed E-state index contributed by atoms with van der Waals surface area (Å²) in [5, 5.41) is 5.06. The second kappa shape index (κ2) is 6.57. The van der Waals surface area contributed by atoms with Gasteiger partial charge in [-0.1, -0.05) is 35.9 Å². The first kappa shape index (κ1) is 15.8. The molecule has 23 heavy (non-hydrogen) atoms. The molecule has 0 fully saturated rings. The molecule has 3 aromatic rings. The third-order valence-electron chi connectivity index (χ3n) is 4.05. The van der Waals surface area contributed by atoms with Gasteiger partial charge in [-0.3, -0.25) is 0 Å². The zero-order valence-electron chi connectivity index (χ0n) is 13.2. The lowest BCUT2D eigenvalue weighted by Gasteiger charge is -2.10. The van der Waals surface area contributed by atoms with Gasteiger partial charge in [-0.25, -0.2) is 4.79 Å². The predicted molar refractivity (Wildman–Crippen MR) is 94.0 cm³/mol. The van der Waals surface area contributed by atoms with Crippen LogP contribution in [0.2, 0.25) is 5.02 Å². The highest BCUT2D eigenvalue weighted by Gasteiger charge is 2.09. The van der Waals surface area contributed by atoms with Gasteiger partial charge >= 0.3 is 5.63 Å².